The summed E-state index contributed by atoms with van der Waals surface area (Å²) in [7, 11) is 0. The van der Waals surface area contributed by atoms with Crippen molar-refractivity contribution in [2.75, 3.05) is 6.54 Å². The number of carbonyl (C=O) groups is 1. The molecule has 1 aromatic rings. The highest BCUT2D eigenvalue weighted by Gasteiger charge is 2.38. The Morgan fingerprint density at radius 2 is 2.05 bits per heavy atom. The van der Waals surface area contributed by atoms with Crippen LogP contribution in [0.15, 0.2) is 24.3 Å². The number of hydrogen-bond donors (Lipinski definition) is 1. The Bertz CT molecular complexity index is 478. The summed E-state index contributed by atoms with van der Waals surface area (Å²) >= 11 is 0. The van der Waals surface area contributed by atoms with E-state index in [1.54, 1.807) is 6.07 Å². The molecule has 1 saturated heterocycles. The first kappa shape index (κ1) is 16.0. The van der Waals surface area contributed by atoms with Crippen molar-refractivity contribution < 1.29 is 9.18 Å². The van der Waals surface area contributed by atoms with Crippen molar-refractivity contribution in [2.45, 2.75) is 58.2 Å². The molecule has 116 valence electrons. The van der Waals surface area contributed by atoms with E-state index >= 15 is 0 Å². The quantitative estimate of drug-likeness (QED) is 0.779. The van der Waals surface area contributed by atoms with Gasteiger partial charge in [-0.25, -0.2) is 4.39 Å². The van der Waals surface area contributed by atoms with Crippen molar-refractivity contribution in [3.05, 3.63) is 35.6 Å². The summed E-state index contributed by atoms with van der Waals surface area (Å²) in [5, 5.41) is 3.33. The van der Waals surface area contributed by atoms with E-state index in [2.05, 4.69) is 12.2 Å². The highest BCUT2D eigenvalue weighted by molar-refractivity contribution is 5.84. The fourth-order valence-corrected chi connectivity index (χ4v) is 2.87. The molecule has 2 rings (SSSR count). The highest BCUT2D eigenvalue weighted by atomic mass is 19.1. The topological polar surface area (TPSA) is 32.3 Å². The van der Waals surface area contributed by atoms with Gasteiger partial charge < -0.3 is 4.90 Å². The monoisotopic (exact) mass is 292 g/mol. The average molecular weight is 292 g/mol. The molecule has 1 heterocycles. The van der Waals surface area contributed by atoms with Gasteiger partial charge in [0.1, 0.15) is 12.0 Å². The Kier molecular flexibility index (Phi) is 5.74. The summed E-state index contributed by atoms with van der Waals surface area (Å²) in [6.07, 6.45) is 5.07. The fourth-order valence-electron chi connectivity index (χ4n) is 2.87. The maximum Gasteiger partial charge on any atom is 0.241 e. The molecule has 0 aliphatic carbocycles. The third kappa shape index (κ3) is 3.82. The molecule has 2 unspecified atom stereocenters. The average Bonchev–Trinajstić information content (AvgIpc) is 2.80. The van der Waals surface area contributed by atoms with Gasteiger partial charge in [-0.15, -0.1) is 0 Å². The van der Waals surface area contributed by atoms with Crippen LogP contribution in [-0.4, -0.2) is 23.4 Å². The molecule has 0 saturated carbocycles. The third-order valence-electron chi connectivity index (χ3n) is 4.08. The Morgan fingerprint density at radius 3 is 2.71 bits per heavy atom. The largest absolute Gasteiger partial charge is 0.322 e. The summed E-state index contributed by atoms with van der Waals surface area (Å²) in [5.41, 5.74) is 0.829. The minimum atomic E-state index is -0.257. The van der Waals surface area contributed by atoms with Crippen molar-refractivity contribution in [1.29, 1.82) is 0 Å². The molecule has 0 spiro atoms. The van der Waals surface area contributed by atoms with Gasteiger partial charge in [-0.1, -0.05) is 45.2 Å². The first-order valence-electron chi connectivity index (χ1n) is 7.99. The number of carbonyl (C=O) groups excluding carboxylic acids is 1. The molecule has 3 nitrogen and oxygen atoms in total. The maximum atomic E-state index is 13.4. The van der Waals surface area contributed by atoms with Crippen LogP contribution in [0.3, 0.4) is 0 Å². The molecule has 0 radical (unpaired) electrons. The van der Waals surface area contributed by atoms with Gasteiger partial charge in [-0.05, 0) is 30.5 Å². The predicted octanol–water partition coefficient (Wildman–Crippen LogP) is 3.62. The van der Waals surface area contributed by atoms with Gasteiger partial charge in [0.25, 0.3) is 0 Å². The van der Waals surface area contributed by atoms with E-state index in [-0.39, 0.29) is 23.9 Å². The molecule has 1 amide bonds. The molecular weight excluding hydrogens is 267 g/mol. The van der Waals surface area contributed by atoms with Crippen LogP contribution in [0.4, 0.5) is 4.39 Å². The van der Waals surface area contributed by atoms with Gasteiger partial charge in [-0.2, -0.15) is 0 Å². The molecule has 0 bridgehead atoms. The van der Waals surface area contributed by atoms with E-state index in [0.29, 0.717) is 0 Å². The van der Waals surface area contributed by atoms with Gasteiger partial charge in [0.15, 0.2) is 0 Å². The Morgan fingerprint density at radius 1 is 1.24 bits per heavy atom. The van der Waals surface area contributed by atoms with E-state index in [1.165, 1.54) is 25.0 Å². The van der Waals surface area contributed by atoms with Gasteiger partial charge in [-0.3, -0.25) is 10.1 Å². The first-order chi connectivity index (χ1) is 10.2. The van der Waals surface area contributed by atoms with Crippen LogP contribution in [0.2, 0.25) is 0 Å². The lowest BCUT2D eigenvalue weighted by Crippen LogP contribution is -2.32. The van der Waals surface area contributed by atoms with Gasteiger partial charge >= 0.3 is 0 Å². The fraction of sp³-hybridized carbons (Fsp3) is 0.588. The first-order valence-corrected chi connectivity index (χ1v) is 7.99. The molecular formula is C17H25FN2O. The van der Waals surface area contributed by atoms with Crippen molar-refractivity contribution >= 4 is 5.91 Å². The molecule has 1 N–H and O–H groups in total. The number of benzene rings is 1. The van der Waals surface area contributed by atoms with Gasteiger partial charge in [0, 0.05) is 6.54 Å². The molecule has 2 atom stereocenters. The van der Waals surface area contributed by atoms with E-state index < -0.39 is 0 Å². The van der Waals surface area contributed by atoms with Crippen LogP contribution in [0.25, 0.3) is 0 Å². The van der Waals surface area contributed by atoms with Gasteiger partial charge in [0.05, 0.1) is 6.04 Å². The number of nitrogens with zero attached hydrogens (tertiary/aromatic N) is 1. The molecule has 1 aliphatic rings. The van der Waals surface area contributed by atoms with Crippen molar-refractivity contribution in [3.63, 3.8) is 0 Å². The second kappa shape index (κ2) is 7.55. The predicted molar refractivity (Wildman–Crippen MR) is 82.2 cm³/mol. The Labute approximate surface area is 126 Å². The minimum Gasteiger partial charge on any atom is -0.322 e. The summed E-state index contributed by atoms with van der Waals surface area (Å²) in [6, 6.07) is 6.38. The second-order valence-corrected chi connectivity index (χ2v) is 5.68. The lowest BCUT2D eigenvalue weighted by molar-refractivity contribution is -0.130. The molecule has 21 heavy (non-hydrogen) atoms. The summed E-state index contributed by atoms with van der Waals surface area (Å²) in [5.74, 6) is -0.115. The minimum absolute atomic E-state index is 0.142. The van der Waals surface area contributed by atoms with Crippen molar-refractivity contribution in [3.8, 4) is 0 Å². The second-order valence-electron chi connectivity index (χ2n) is 5.68. The van der Waals surface area contributed by atoms with Crippen molar-refractivity contribution in [2.24, 2.45) is 0 Å². The zero-order chi connectivity index (χ0) is 15.2. The summed E-state index contributed by atoms with van der Waals surface area (Å²) < 4.78 is 13.4. The Balaban J connectivity index is 2.10. The van der Waals surface area contributed by atoms with E-state index in [4.69, 9.17) is 0 Å². The number of halogens is 1. The lowest BCUT2D eigenvalue weighted by Gasteiger charge is -2.24. The van der Waals surface area contributed by atoms with E-state index in [0.717, 1.165) is 31.4 Å². The normalized spacial score (nSPS) is 22.0. The van der Waals surface area contributed by atoms with Crippen LogP contribution in [0.5, 0.6) is 0 Å². The lowest BCUT2D eigenvalue weighted by atomic mass is 10.1. The van der Waals surface area contributed by atoms with Crippen LogP contribution in [0, 0.1) is 5.82 Å². The van der Waals surface area contributed by atoms with Crippen LogP contribution in [0.1, 0.15) is 57.7 Å². The molecule has 1 fully saturated rings. The SMILES string of the molecule is CCCCCCN1C(=O)C(CC)NC1c1cccc(F)c1. The van der Waals surface area contributed by atoms with E-state index in [9.17, 15) is 9.18 Å². The Hall–Kier alpha value is -1.42. The molecule has 4 heteroatoms. The zero-order valence-electron chi connectivity index (χ0n) is 12.9. The third-order valence-corrected chi connectivity index (χ3v) is 4.08. The number of nitrogens with one attached hydrogen (secondary N) is 1. The number of unbranched alkanes of at least 4 members (excludes halogenated alkanes) is 3. The van der Waals surface area contributed by atoms with Crippen LogP contribution >= 0.6 is 0 Å². The summed E-state index contributed by atoms with van der Waals surface area (Å²) in [4.78, 5) is 14.3. The molecule has 1 aliphatic heterocycles. The smallest absolute Gasteiger partial charge is 0.241 e. The number of rotatable bonds is 7. The van der Waals surface area contributed by atoms with Crippen molar-refractivity contribution in [1.82, 2.24) is 10.2 Å². The number of amides is 1. The van der Waals surface area contributed by atoms with E-state index in [1.807, 2.05) is 17.9 Å². The molecule has 1 aromatic carbocycles. The highest BCUT2D eigenvalue weighted by Crippen LogP contribution is 2.27. The van der Waals surface area contributed by atoms with Gasteiger partial charge in [0.2, 0.25) is 5.91 Å². The summed E-state index contributed by atoms with van der Waals surface area (Å²) in [6.45, 7) is 4.91. The molecule has 0 aromatic heterocycles. The van der Waals surface area contributed by atoms with Crippen LogP contribution in [-0.2, 0) is 4.79 Å². The van der Waals surface area contributed by atoms with Crippen LogP contribution < -0.4 is 5.32 Å². The number of hydrogen-bond acceptors (Lipinski definition) is 2. The zero-order valence-corrected chi connectivity index (χ0v) is 12.9. The standard InChI is InChI=1S/C17H25FN2O/c1-3-5-6-7-11-20-16(19-15(4-2)17(20)21)13-9-8-10-14(18)12-13/h8-10,12,15-16,19H,3-7,11H2,1-2H3. The maximum absolute atomic E-state index is 13.4.